The third kappa shape index (κ3) is 6.21. The first kappa shape index (κ1) is 16.7. The number of carbonyl (C=O) groups excluding carboxylic acids is 1. The number of hydrogen-bond acceptors (Lipinski definition) is 2. The molecule has 3 N–H and O–H groups in total. The number of aliphatic hydroxyl groups is 1. The summed E-state index contributed by atoms with van der Waals surface area (Å²) in [6, 6.07) is 3.97. The molecule has 0 aliphatic heterocycles. The van der Waals surface area contributed by atoms with Crippen molar-refractivity contribution in [3.8, 4) is 0 Å². The molecule has 0 saturated carbocycles. The number of hydrogen-bond donors (Lipinski definition) is 3. The second-order valence-electron chi connectivity index (χ2n) is 4.65. The second kappa shape index (κ2) is 8.76. The molecule has 0 saturated heterocycles. The van der Waals surface area contributed by atoms with Gasteiger partial charge in [-0.3, -0.25) is 0 Å². The van der Waals surface area contributed by atoms with E-state index in [1.165, 1.54) is 12.1 Å². The molecular weight excluding hydrogens is 283 g/mol. The molecule has 4 nitrogen and oxygen atoms in total. The molecule has 0 fully saturated rings. The minimum absolute atomic E-state index is 0.0107. The lowest BCUT2D eigenvalue weighted by Crippen LogP contribution is -2.41. The molecular formula is C14H20ClFN2O2. The molecule has 2 amide bonds. The highest BCUT2D eigenvalue weighted by atomic mass is 35.5. The van der Waals surface area contributed by atoms with Crippen LogP contribution in [0.2, 0.25) is 5.02 Å². The molecule has 1 rings (SSSR count). The molecule has 0 aliphatic carbocycles. The van der Waals surface area contributed by atoms with Gasteiger partial charge in [0.05, 0.1) is 0 Å². The predicted octanol–water partition coefficient (Wildman–Crippen LogP) is 2.48. The Balaban J connectivity index is 2.28. The van der Waals surface area contributed by atoms with Crippen molar-refractivity contribution in [3.05, 3.63) is 34.6 Å². The van der Waals surface area contributed by atoms with Crippen molar-refractivity contribution in [2.24, 2.45) is 0 Å². The van der Waals surface area contributed by atoms with Crippen LogP contribution in [-0.4, -0.2) is 30.3 Å². The standard InChI is InChI=1S/C14H20ClFN2O2/c1-10(3-2-8-19)18-14(20)17-7-6-11-4-5-12(16)9-13(11)15/h4-5,9-10,19H,2-3,6-8H2,1H3,(H2,17,18,20)/t10-/m0/s1. The van der Waals surface area contributed by atoms with Crippen molar-refractivity contribution in [1.82, 2.24) is 10.6 Å². The predicted molar refractivity (Wildman–Crippen MR) is 77.4 cm³/mol. The highest BCUT2D eigenvalue weighted by Gasteiger charge is 2.07. The Labute approximate surface area is 123 Å². The highest BCUT2D eigenvalue weighted by molar-refractivity contribution is 6.31. The van der Waals surface area contributed by atoms with Crippen LogP contribution in [0.25, 0.3) is 0 Å². The maximum atomic E-state index is 12.9. The van der Waals surface area contributed by atoms with Gasteiger partial charge in [-0.2, -0.15) is 0 Å². The summed E-state index contributed by atoms with van der Waals surface area (Å²) in [6.07, 6.45) is 1.93. The fourth-order valence-corrected chi connectivity index (χ4v) is 2.04. The molecule has 6 heteroatoms. The normalized spacial score (nSPS) is 12.0. The van der Waals surface area contributed by atoms with E-state index < -0.39 is 0 Å². The lowest BCUT2D eigenvalue weighted by atomic mass is 10.1. The first-order valence-electron chi connectivity index (χ1n) is 6.62. The van der Waals surface area contributed by atoms with E-state index in [0.29, 0.717) is 24.4 Å². The molecule has 0 unspecified atom stereocenters. The van der Waals surface area contributed by atoms with Crippen molar-refractivity contribution >= 4 is 17.6 Å². The van der Waals surface area contributed by atoms with Crippen LogP contribution in [0.5, 0.6) is 0 Å². The lowest BCUT2D eigenvalue weighted by Gasteiger charge is -2.14. The van der Waals surface area contributed by atoms with E-state index in [-0.39, 0.29) is 24.5 Å². The number of rotatable bonds is 7. The quantitative estimate of drug-likeness (QED) is 0.724. The maximum Gasteiger partial charge on any atom is 0.315 e. The lowest BCUT2D eigenvalue weighted by molar-refractivity contribution is 0.234. The number of carbonyl (C=O) groups is 1. The SMILES string of the molecule is C[C@@H](CCCO)NC(=O)NCCc1ccc(F)cc1Cl. The Hall–Kier alpha value is -1.33. The Morgan fingerprint density at radius 1 is 1.50 bits per heavy atom. The van der Waals surface area contributed by atoms with Gasteiger partial charge in [0.1, 0.15) is 5.82 Å². The Morgan fingerprint density at radius 2 is 2.25 bits per heavy atom. The number of aliphatic hydroxyl groups excluding tert-OH is 1. The van der Waals surface area contributed by atoms with Crippen LogP contribution in [0.4, 0.5) is 9.18 Å². The van der Waals surface area contributed by atoms with Gasteiger partial charge < -0.3 is 15.7 Å². The van der Waals surface area contributed by atoms with Crippen LogP contribution in [0.3, 0.4) is 0 Å². The first-order valence-corrected chi connectivity index (χ1v) is 7.00. The van der Waals surface area contributed by atoms with Crippen molar-refractivity contribution in [2.75, 3.05) is 13.2 Å². The van der Waals surface area contributed by atoms with E-state index in [1.807, 2.05) is 6.92 Å². The molecule has 1 atom stereocenters. The average Bonchev–Trinajstić information content (AvgIpc) is 2.39. The van der Waals surface area contributed by atoms with Crippen LogP contribution >= 0.6 is 11.6 Å². The number of amides is 2. The van der Waals surface area contributed by atoms with Crippen LogP contribution < -0.4 is 10.6 Å². The van der Waals surface area contributed by atoms with Crippen molar-refractivity contribution < 1.29 is 14.3 Å². The van der Waals surface area contributed by atoms with Crippen molar-refractivity contribution in [2.45, 2.75) is 32.2 Å². The molecule has 112 valence electrons. The van der Waals surface area contributed by atoms with E-state index in [1.54, 1.807) is 6.07 Å². The van der Waals surface area contributed by atoms with Gasteiger partial charge in [0.25, 0.3) is 0 Å². The third-order valence-corrected chi connectivity index (χ3v) is 3.22. The van der Waals surface area contributed by atoms with E-state index in [4.69, 9.17) is 16.7 Å². The van der Waals surface area contributed by atoms with E-state index in [9.17, 15) is 9.18 Å². The minimum atomic E-state index is -0.373. The largest absolute Gasteiger partial charge is 0.396 e. The maximum absolute atomic E-state index is 12.9. The zero-order chi connectivity index (χ0) is 15.0. The monoisotopic (exact) mass is 302 g/mol. The van der Waals surface area contributed by atoms with E-state index >= 15 is 0 Å². The molecule has 20 heavy (non-hydrogen) atoms. The smallest absolute Gasteiger partial charge is 0.315 e. The molecule has 0 heterocycles. The zero-order valence-corrected chi connectivity index (χ0v) is 12.2. The number of halogens is 2. The second-order valence-corrected chi connectivity index (χ2v) is 5.06. The van der Waals surface area contributed by atoms with E-state index in [0.717, 1.165) is 12.0 Å². The van der Waals surface area contributed by atoms with Gasteiger partial charge in [-0.15, -0.1) is 0 Å². The van der Waals surface area contributed by atoms with Gasteiger partial charge >= 0.3 is 6.03 Å². The summed E-state index contributed by atoms with van der Waals surface area (Å²) in [5.41, 5.74) is 0.793. The highest BCUT2D eigenvalue weighted by Crippen LogP contribution is 2.17. The number of nitrogens with one attached hydrogen (secondary N) is 2. The number of urea groups is 1. The Morgan fingerprint density at radius 3 is 2.90 bits per heavy atom. The Kier molecular flexibility index (Phi) is 7.33. The summed E-state index contributed by atoms with van der Waals surface area (Å²) >= 11 is 5.89. The molecule has 0 spiro atoms. The summed E-state index contributed by atoms with van der Waals surface area (Å²) in [5, 5.41) is 14.5. The molecule has 0 aromatic heterocycles. The summed E-state index contributed by atoms with van der Waals surface area (Å²) in [7, 11) is 0. The molecule has 1 aromatic rings. The van der Waals surface area contributed by atoms with Gasteiger partial charge in [0.2, 0.25) is 0 Å². The van der Waals surface area contributed by atoms with Gasteiger partial charge in [0, 0.05) is 24.2 Å². The van der Waals surface area contributed by atoms with Gasteiger partial charge in [0.15, 0.2) is 0 Å². The topological polar surface area (TPSA) is 61.4 Å². The van der Waals surface area contributed by atoms with Crippen molar-refractivity contribution in [1.29, 1.82) is 0 Å². The van der Waals surface area contributed by atoms with E-state index in [2.05, 4.69) is 10.6 Å². The fourth-order valence-electron chi connectivity index (χ4n) is 1.78. The van der Waals surface area contributed by atoms with Crippen LogP contribution in [0.1, 0.15) is 25.3 Å². The minimum Gasteiger partial charge on any atom is -0.396 e. The van der Waals surface area contributed by atoms with Crippen LogP contribution in [-0.2, 0) is 6.42 Å². The summed E-state index contributed by atoms with van der Waals surface area (Å²) in [6.45, 7) is 2.42. The molecule has 1 aromatic carbocycles. The zero-order valence-electron chi connectivity index (χ0n) is 11.5. The van der Waals surface area contributed by atoms with Gasteiger partial charge in [-0.25, -0.2) is 9.18 Å². The number of benzene rings is 1. The van der Waals surface area contributed by atoms with Crippen LogP contribution in [0.15, 0.2) is 18.2 Å². The average molecular weight is 303 g/mol. The van der Waals surface area contributed by atoms with Crippen LogP contribution in [0, 0.1) is 5.82 Å². The third-order valence-electron chi connectivity index (χ3n) is 2.87. The summed E-state index contributed by atoms with van der Waals surface area (Å²) < 4.78 is 12.9. The van der Waals surface area contributed by atoms with Crippen molar-refractivity contribution in [3.63, 3.8) is 0 Å². The fraction of sp³-hybridized carbons (Fsp3) is 0.500. The Bertz CT molecular complexity index is 443. The molecule has 0 bridgehead atoms. The van der Waals surface area contributed by atoms with Gasteiger partial charge in [-0.05, 0) is 43.9 Å². The summed E-state index contributed by atoms with van der Waals surface area (Å²) in [5.74, 6) is -0.373. The van der Waals surface area contributed by atoms with Gasteiger partial charge in [-0.1, -0.05) is 17.7 Å². The molecule has 0 radical (unpaired) electrons. The summed E-state index contributed by atoms with van der Waals surface area (Å²) in [4.78, 5) is 11.6. The molecule has 0 aliphatic rings. The first-order chi connectivity index (χ1) is 9.52.